The lowest BCUT2D eigenvalue weighted by atomic mass is 10.2. The Morgan fingerprint density at radius 1 is 1.14 bits per heavy atom. The Morgan fingerprint density at radius 2 is 1.89 bits per heavy atom. The summed E-state index contributed by atoms with van der Waals surface area (Å²) < 4.78 is 38.7. The first-order chi connectivity index (χ1) is 13.4. The van der Waals surface area contributed by atoms with Crippen molar-refractivity contribution in [3.63, 3.8) is 0 Å². The van der Waals surface area contributed by atoms with Gasteiger partial charge in [-0.3, -0.25) is 4.72 Å². The smallest absolute Gasteiger partial charge is 0.363 e. The van der Waals surface area contributed by atoms with Crippen LogP contribution in [-0.2, 0) is 10.0 Å². The minimum atomic E-state index is -4.18. The van der Waals surface area contributed by atoms with Crippen LogP contribution in [0.2, 0.25) is 5.02 Å². The van der Waals surface area contributed by atoms with E-state index in [1.54, 1.807) is 24.3 Å². The first-order valence-electron chi connectivity index (χ1n) is 8.53. The molecule has 0 atom stereocenters. The molecule has 2 N–H and O–H groups in total. The number of hydrogen-bond donors (Lipinski definition) is 2. The van der Waals surface area contributed by atoms with E-state index in [-0.39, 0.29) is 21.4 Å². The van der Waals surface area contributed by atoms with E-state index in [0.29, 0.717) is 23.2 Å². The monoisotopic (exact) mass is 422 g/mol. The summed E-state index contributed by atoms with van der Waals surface area (Å²) in [6.45, 7) is 2.50. The quantitative estimate of drug-likeness (QED) is 0.557. The van der Waals surface area contributed by atoms with Crippen LogP contribution in [0.25, 0.3) is 11.0 Å². The van der Waals surface area contributed by atoms with Crippen LogP contribution in [0.3, 0.4) is 0 Å². The first kappa shape index (κ1) is 20.0. The van der Waals surface area contributed by atoms with Crippen LogP contribution in [0.4, 0.5) is 11.4 Å². The molecular weight excluding hydrogens is 404 g/mol. The van der Waals surface area contributed by atoms with E-state index in [9.17, 15) is 13.2 Å². The zero-order valence-corrected chi connectivity index (χ0v) is 16.9. The summed E-state index contributed by atoms with van der Waals surface area (Å²) in [6, 6.07) is 11.1. The molecule has 9 heteroatoms. The van der Waals surface area contributed by atoms with Crippen molar-refractivity contribution in [1.82, 2.24) is 0 Å². The number of benzene rings is 2. The molecular formula is C19H19ClN2O5S. The predicted octanol–water partition coefficient (Wildman–Crippen LogP) is 4.08. The van der Waals surface area contributed by atoms with Gasteiger partial charge in [-0.15, -0.1) is 0 Å². The van der Waals surface area contributed by atoms with E-state index in [2.05, 4.69) is 10.0 Å². The lowest BCUT2D eigenvalue weighted by Gasteiger charge is -2.16. The fourth-order valence-corrected chi connectivity index (χ4v) is 4.23. The van der Waals surface area contributed by atoms with Gasteiger partial charge in [0.25, 0.3) is 10.0 Å². The molecule has 28 heavy (non-hydrogen) atoms. The lowest BCUT2D eigenvalue weighted by Crippen LogP contribution is -2.21. The molecule has 0 amide bonds. The van der Waals surface area contributed by atoms with Gasteiger partial charge in [0.2, 0.25) is 0 Å². The van der Waals surface area contributed by atoms with Gasteiger partial charge in [0.15, 0.2) is 5.69 Å². The molecule has 2 aromatic carbocycles. The number of para-hydroxylation sites is 1. The molecule has 0 spiro atoms. The highest BCUT2D eigenvalue weighted by molar-refractivity contribution is 7.92. The van der Waals surface area contributed by atoms with Crippen LogP contribution in [0, 0.1) is 0 Å². The van der Waals surface area contributed by atoms with Crippen molar-refractivity contribution < 1.29 is 17.6 Å². The molecule has 3 aromatic rings. The third-order valence-corrected chi connectivity index (χ3v) is 5.62. The van der Waals surface area contributed by atoms with E-state index in [4.69, 9.17) is 20.8 Å². The highest BCUT2D eigenvalue weighted by atomic mass is 35.5. The Hall–Kier alpha value is -2.71. The zero-order chi connectivity index (χ0) is 20.3. The fourth-order valence-electron chi connectivity index (χ4n) is 2.73. The number of methoxy groups -OCH3 is 1. The lowest BCUT2D eigenvalue weighted by molar-refractivity contribution is 0.403. The van der Waals surface area contributed by atoms with Crippen LogP contribution in [0.15, 0.2) is 56.6 Å². The summed E-state index contributed by atoms with van der Waals surface area (Å²) >= 11 is 5.95. The van der Waals surface area contributed by atoms with E-state index in [0.717, 1.165) is 6.42 Å². The van der Waals surface area contributed by atoms with Crippen LogP contribution in [0.5, 0.6) is 5.75 Å². The van der Waals surface area contributed by atoms with Gasteiger partial charge in [0.05, 0.1) is 12.8 Å². The molecule has 0 fully saturated rings. The molecule has 0 aliphatic heterocycles. The highest BCUT2D eigenvalue weighted by Crippen LogP contribution is 2.32. The van der Waals surface area contributed by atoms with Gasteiger partial charge in [-0.2, -0.15) is 0 Å². The molecule has 0 bridgehead atoms. The Labute approximate surface area is 167 Å². The van der Waals surface area contributed by atoms with Gasteiger partial charge in [0.1, 0.15) is 16.2 Å². The second-order valence-corrected chi connectivity index (χ2v) is 8.05. The molecule has 3 rings (SSSR count). The molecule has 1 aromatic heterocycles. The van der Waals surface area contributed by atoms with Gasteiger partial charge in [-0.25, -0.2) is 13.2 Å². The Morgan fingerprint density at radius 3 is 2.61 bits per heavy atom. The average molecular weight is 423 g/mol. The van der Waals surface area contributed by atoms with Crippen molar-refractivity contribution in [3.05, 3.63) is 57.9 Å². The third-order valence-electron chi connectivity index (χ3n) is 4.02. The maximum absolute atomic E-state index is 13.0. The number of halogens is 1. The summed E-state index contributed by atoms with van der Waals surface area (Å²) in [6.07, 6.45) is 0.781. The first-order valence-corrected chi connectivity index (χ1v) is 10.4. The molecule has 0 saturated heterocycles. The molecule has 0 aliphatic carbocycles. The number of ether oxygens (including phenoxy) is 1. The normalized spacial score (nSPS) is 11.4. The van der Waals surface area contributed by atoms with Gasteiger partial charge < -0.3 is 14.5 Å². The SMILES string of the molecule is CCCNc1c(NS(=O)(=O)c2cc(Cl)ccc2OC)c(=O)oc2ccccc12. The maximum Gasteiger partial charge on any atom is 0.363 e. The van der Waals surface area contributed by atoms with Crippen molar-refractivity contribution in [3.8, 4) is 5.75 Å². The van der Waals surface area contributed by atoms with Gasteiger partial charge in [-0.1, -0.05) is 30.7 Å². The number of sulfonamides is 1. The van der Waals surface area contributed by atoms with Gasteiger partial charge in [-0.05, 0) is 36.8 Å². The number of anilines is 2. The van der Waals surface area contributed by atoms with E-state index < -0.39 is 15.6 Å². The molecule has 0 unspecified atom stereocenters. The molecule has 148 valence electrons. The van der Waals surface area contributed by atoms with Crippen LogP contribution < -0.4 is 20.4 Å². The standard InChI is InChI=1S/C19H19ClN2O5S/c1-3-10-21-17-13-6-4-5-7-14(13)27-19(23)18(17)22-28(24,25)16-11-12(20)8-9-15(16)26-2/h4-9,11,21-22H,3,10H2,1-2H3. The predicted molar refractivity (Wildman–Crippen MR) is 110 cm³/mol. The van der Waals surface area contributed by atoms with E-state index >= 15 is 0 Å². The van der Waals surface area contributed by atoms with E-state index in [1.165, 1.54) is 25.3 Å². The van der Waals surface area contributed by atoms with Crippen molar-refractivity contribution in [2.75, 3.05) is 23.7 Å². The Kier molecular flexibility index (Phi) is 5.81. The topological polar surface area (TPSA) is 97.6 Å². The summed E-state index contributed by atoms with van der Waals surface area (Å²) in [5.41, 5.74) is -0.288. The maximum atomic E-state index is 13.0. The van der Waals surface area contributed by atoms with Crippen molar-refractivity contribution >= 4 is 44.0 Å². The largest absolute Gasteiger partial charge is 0.495 e. The van der Waals surface area contributed by atoms with Gasteiger partial charge >= 0.3 is 5.63 Å². The number of hydrogen-bond acceptors (Lipinski definition) is 6. The fraction of sp³-hybridized carbons (Fsp3) is 0.211. The Balaban J connectivity index is 2.17. The highest BCUT2D eigenvalue weighted by Gasteiger charge is 2.25. The molecule has 0 aliphatic rings. The molecule has 1 heterocycles. The minimum Gasteiger partial charge on any atom is -0.495 e. The van der Waals surface area contributed by atoms with Crippen LogP contribution in [-0.4, -0.2) is 22.1 Å². The minimum absolute atomic E-state index is 0.102. The van der Waals surface area contributed by atoms with Gasteiger partial charge in [0, 0.05) is 17.0 Å². The number of fused-ring (bicyclic) bond motifs is 1. The van der Waals surface area contributed by atoms with Crippen LogP contribution in [0.1, 0.15) is 13.3 Å². The zero-order valence-electron chi connectivity index (χ0n) is 15.3. The van der Waals surface area contributed by atoms with Crippen molar-refractivity contribution in [2.24, 2.45) is 0 Å². The summed E-state index contributed by atoms with van der Waals surface area (Å²) in [5, 5.41) is 3.92. The summed E-state index contributed by atoms with van der Waals surface area (Å²) in [5.74, 6) is 0.102. The summed E-state index contributed by atoms with van der Waals surface area (Å²) in [4.78, 5) is 12.4. The third kappa shape index (κ3) is 3.93. The number of rotatable bonds is 7. The van der Waals surface area contributed by atoms with E-state index in [1.807, 2.05) is 6.92 Å². The second kappa shape index (κ2) is 8.12. The van der Waals surface area contributed by atoms with Crippen LogP contribution >= 0.6 is 11.6 Å². The van der Waals surface area contributed by atoms with Crippen molar-refractivity contribution in [1.29, 1.82) is 0 Å². The molecule has 0 saturated carbocycles. The number of nitrogens with one attached hydrogen (secondary N) is 2. The Bertz CT molecular complexity index is 1170. The summed E-state index contributed by atoms with van der Waals surface area (Å²) in [7, 11) is -2.83. The molecule has 7 nitrogen and oxygen atoms in total. The van der Waals surface area contributed by atoms with Crippen molar-refractivity contribution in [2.45, 2.75) is 18.2 Å². The second-order valence-electron chi connectivity index (χ2n) is 5.96. The average Bonchev–Trinajstić information content (AvgIpc) is 2.67. The molecule has 0 radical (unpaired) electrons.